The van der Waals surface area contributed by atoms with E-state index in [-0.39, 0.29) is 14.1 Å². The Balaban J connectivity index is 7.41. The van der Waals surface area contributed by atoms with E-state index >= 15 is 0 Å². The number of quaternary nitrogens is 1. The van der Waals surface area contributed by atoms with Gasteiger partial charge >= 0.3 is 83.2 Å². The SMILES string of the molecule is C[N+](C)(CC(=O)O)CC(F)C(F)(F)C(F)(F)C(F)(F)C(F)(F)C(F)(F)C(F)(F)C(F)(F)C(F)(F)C(F)(F)C(F)(F)C(F)(F)C(F)(F)C(F)(F)F. The fourth-order valence-electron chi connectivity index (χ4n) is 3.34. The summed E-state index contributed by atoms with van der Waals surface area (Å²) in [7, 11) is 0.552. The fourth-order valence-corrected chi connectivity index (χ4v) is 3.34. The number of carboxylic acid groups (broad SMARTS) is 1. The summed E-state index contributed by atoms with van der Waals surface area (Å²) in [4.78, 5) is 10.6. The summed E-state index contributed by atoms with van der Waals surface area (Å²) in [6.45, 7) is -4.19. The van der Waals surface area contributed by atoms with Crippen molar-refractivity contribution >= 4 is 5.97 Å². The first kappa shape index (κ1) is 47.5. The van der Waals surface area contributed by atoms with Crippen molar-refractivity contribution in [1.29, 1.82) is 0 Å². The Kier molecular flexibility index (Phi) is 11.4. The number of likely N-dealkylation sites (N-methyl/N-ethyl adjacent to an activating group) is 1. The van der Waals surface area contributed by atoms with Crippen LogP contribution in [0.15, 0.2) is 0 Å². The third-order valence-electron chi connectivity index (χ3n) is 6.33. The summed E-state index contributed by atoms with van der Waals surface area (Å²) >= 11 is 0. The number of rotatable bonds is 16. The molecular weight excluding hydrogens is 806 g/mol. The van der Waals surface area contributed by atoms with Crippen molar-refractivity contribution in [3.05, 3.63) is 0 Å². The van der Waals surface area contributed by atoms with E-state index in [0.29, 0.717) is 0 Å². The molecule has 0 rings (SSSR count). The van der Waals surface area contributed by atoms with Gasteiger partial charge in [-0.1, -0.05) is 0 Å². The highest BCUT2D eigenvalue weighted by molar-refractivity contribution is 5.67. The highest BCUT2D eigenvalue weighted by Gasteiger charge is 3.00. The third-order valence-corrected chi connectivity index (χ3v) is 6.33. The minimum absolute atomic E-state index is 0.276. The lowest BCUT2D eigenvalue weighted by Crippen LogP contribution is -2.79. The zero-order chi connectivity index (χ0) is 41.6. The molecule has 0 radical (unpaired) electrons. The van der Waals surface area contributed by atoms with Crippen molar-refractivity contribution in [3.8, 4) is 0 Å². The van der Waals surface area contributed by atoms with E-state index in [9.17, 15) is 128 Å². The molecule has 50 heavy (non-hydrogen) atoms. The zero-order valence-electron chi connectivity index (χ0n) is 22.9. The zero-order valence-corrected chi connectivity index (χ0v) is 22.9. The summed E-state index contributed by atoms with van der Waals surface area (Å²) in [5, 5.41) is 8.49. The Labute approximate surface area is 255 Å². The average molecular weight is 818 g/mol. The monoisotopic (exact) mass is 818 g/mol. The van der Waals surface area contributed by atoms with Crippen LogP contribution in [0.2, 0.25) is 0 Å². The molecule has 1 unspecified atom stereocenters. The van der Waals surface area contributed by atoms with Gasteiger partial charge in [0.25, 0.3) is 0 Å². The highest BCUT2D eigenvalue weighted by atomic mass is 19.4. The van der Waals surface area contributed by atoms with Gasteiger partial charge in [-0.2, -0.15) is 119 Å². The van der Waals surface area contributed by atoms with Crippen LogP contribution < -0.4 is 0 Å². The lowest BCUT2D eigenvalue weighted by Gasteiger charge is -2.46. The quantitative estimate of drug-likeness (QED) is 0.125. The molecule has 0 aromatic rings. The van der Waals surface area contributed by atoms with Crippen LogP contribution in [-0.2, 0) is 4.79 Å². The normalized spacial score (nSPS) is 17.2. The van der Waals surface area contributed by atoms with Gasteiger partial charge in [-0.25, -0.2) is 9.18 Å². The average Bonchev–Trinajstić information content (AvgIpc) is 2.85. The maximum absolute atomic E-state index is 14.0. The Morgan fingerprint density at radius 1 is 0.440 bits per heavy atom. The number of hydrogen-bond acceptors (Lipinski definition) is 1. The van der Waals surface area contributed by atoms with Crippen LogP contribution in [0.3, 0.4) is 0 Å². The van der Waals surface area contributed by atoms with Crippen molar-refractivity contribution in [3.63, 3.8) is 0 Å². The molecule has 0 aromatic carbocycles. The number of halogens is 28. The summed E-state index contributed by atoms with van der Waals surface area (Å²) in [6.07, 6.45) is -13.5. The number of aliphatic carboxylic acids is 1. The summed E-state index contributed by atoms with van der Waals surface area (Å²) < 4.78 is 377. The largest absolute Gasteiger partial charge is 0.477 e. The molecule has 300 valence electrons. The molecule has 0 amide bonds. The summed E-state index contributed by atoms with van der Waals surface area (Å²) in [6, 6.07) is 0. The second kappa shape index (κ2) is 12.0. The van der Waals surface area contributed by atoms with E-state index in [4.69, 9.17) is 5.11 Å². The van der Waals surface area contributed by atoms with E-state index in [2.05, 4.69) is 0 Å². The highest BCUT2D eigenvalue weighted by Crippen LogP contribution is 2.68. The standard InChI is InChI=1S/C19H11F28NO2/c1-48(2,4-6(49)50)3-5(20)7(21,22)8(23,24)9(25,26)10(27,28)11(29,30)12(31,32)13(33,34)14(35,36)15(37,38)16(39,40)17(41,42)18(43,44)19(45,46)47/h5H,3-4H2,1-2H3/p+1. The molecule has 0 aliphatic carbocycles. The third kappa shape index (κ3) is 6.09. The first-order chi connectivity index (χ1) is 21.0. The number of carboxylic acids is 1. The molecule has 31 heteroatoms. The van der Waals surface area contributed by atoms with E-state index in [1.165, 1.54) is 0 Å². The van der Waals surface area contributed by atoms with Crippen LogP contribution in [-0.4, -0.2) is 126 Å². The van der Waals surface area contributed by atoms with Gasteiger partial charge in [-0.15, -0.1) is 0 Å². The van der Waals surface area contributed by atoms with Gasteiger partial charge in [0.1, 0.15) is 6.54 Å². The Morgan fingerprint density at radius 2 is 0.640 bits per heavy atom. The van der Waals surface area contributed by atoms with Crippen molar-refractivity contribution in [2.45, 2.75) is 83.4 Å². The molecule has 0 aromatic heterocycles. The molecule has 1 N–H and O–H groups in total. The number of hydrogen-bond donors (Lipinski definition) is 1. The summed E-state index contributed by atoms with van der Waals surface area (Å²) in [5.41, 5.74) is 0. The van der Waals surface area contributed by atoms with Crippen LogP contribution in [0.5, 0.6) is 0 Å². The van der Waals surface area contributed by atoms with Crippen LogP contribution >= 0.6 is 0 Å². The lowest BCUT2D eigenvalue weighted by atomic mass is 9.83. The predicted molar refractivity (Wildman–Crippen MR) is 99.8 cm³/mol. The minimum atomic E-state index is -9.89. The molecule has 0 bridgehead atoms. The second-order valence-electron chi connectivity index (χ2n) is 10.6. The molecule has 0 spiro atoms. The molecule has 3 nitrogen and oxygen atoms in total. The van der Waals surface area contributed by atoms with E-state index < -0.39 is 107 Å². The fraction of sp³-hybridized carbons (Fsp3) is 0.947. The lowest BCUT2D eigenvalue weighted by molar-refractivity contribution is -0.886. The maximum Gasteiger partial charge on any atom is 0.460 e. The molecule has 0 saturated carbocycles. The Hall–Kier alpha value is -2.53. The summed E-state index contributed by atoms with van der Waals surface area (Å²) in [5.74, 6) is -114. The first-order valence-electron chi connectivity index (χ1n) is 11.3. The van der Waals surface area contributed by atoms with Crippen molar-refractivity contribution in [1.82, 2.24) is 0 Å². The van der Waals surface area contributed by atoms with E-state index in [1.54, 1.807) is 0 Å². The second-order valence-corrected chi connectivity index (χ2v) is 10.6. The van der Waals surface area contributed by atoms with Crippen LogP contribution in [0.25, 0.3) is 0 Å². The van der Waals surface area contributed by atoms with Crippen LogP contribution in [0.4, 0.5) is 123 Å². The van der Waals surface area contributed by atoms with Crippen LogP contribution in [0.1, 0.15) is 0 Å². The van der Waals surface area contributed by atoms with E-state index in [0.717, 1.165) is 0 Å². The number of nitrogens with zero attached hydrogens (tertiary/aromatic N) is 1. The van der Waals surface area contributed by atoms with Gasteiger partial charge < -0.3 is 9.59 Å². The van der Waals surface area contributed by atoms with Gasteiger partial charge in [0.15, 0.2) is 6.54 Å². The predicted octanol–water partition coefficient (Wildman–Crippen LogP) is 8.67. The molecular formula is C19H12F28NO2+. The van der Waals surface area contributed by atoms with Crippen molar-refractivity contribution in [2.75, 3.05) is 27.2 Å². The van der Waals surface area contributed by atoms with Crippen LogP contribution in [0, 0.1) is 0 Å². The maximum atomic E-state index is 14.0. The van der Waals surface area contributed by atoms with Gasteiger partial charge in [0.05, 0.1) is 14.1 Å². The molecule has 0 aliphatic rings. The smallest absolute Gasteiger partial charge is 0.460 e. The number of carbonyl (C=O) groups is 1. The topological polar surface area (TPSA) is 37.3 Å². The molecule has 0 aliphatic heterocycles. The van der Waals surface area contributed by atoms with Gasteiger partial charge in [-0.3, -0.25) is 0 Å². The van der Waals surface area contributed by atoms with Gasteiger partial charge in [-0.05, 0) is 0 Å². The van der Waals surface area contributed by atoms with Crippen molar-refractivity contribution < 1.29 is 137 Å². The Morgan fingerprint density at radius 3 is 0.840 bits per heavy atom. The first-order valence-corrected chi connectivity index (χ1v) is 11.3. The minimum Gasteiger partial charge on any atom is -0.477 e. The van der Waals surface area contributed by atoms with Gasteiger partial charge in [0.2, 0.25) is 6.17 Å². The molecule has 0 fully saturated rings. The van der Waals surface area contributed by atoms with Gasteiger partial charge in [0, 0.05) is 0 Å². The Bertz CT molecular complexity index is 1250. The number of alkyl halides is 28. The molecule has 0 heterocycles. The van der Waals surface area contributed by atoms with Crippen molar-refractivity contribution in [2.24, 2.45) is 0 Å². The van der Waals surface area contributed by atoms with E-state index in [1.807, 2.05) is 0 Å². The molecule has 0 saturated heterocycles. The molecule has 1 atom stereocenters.